The lowest BCUT2D eigenvalue weighted by atomic mass is 10.0. The zero-order valence-electron chi connectivity index (χ0n) is 18.3. The first kappa shape index (κ1) is 22.5. The van der Waals surface area contributed by atoms with Crippen LogP contribution in [0, 0.1) is 0 Å². The van der Waals surface area contributed by atoms with Crippen LogP contribution in [0.2, 0.25) is 5.02 Å². The van der Waals surface area contributed by atoms with E-state index in [0.717, 1.165) is 51.4 Å². The Labute approximate surface area is 193 Å². The molecule has 0 spiro atoms. The Hall–Kier alpha value is -2.67. The van der Waals surface area contributed by atoms with Gasteiger partial charge in [-0.15, -0.1) is 0 Å². The number of nitrogens with zero attached hydrogens (tertiary/aromatic N) is 2. The van der Waals surface area contributed by atoms with Crippen molar-refractivity contribution in [1.82, 2.24) is 9.80 Å². The highest BCUT2D eigenvalue weighted by molar-refractivity contribution is 6.36. The van der Waals surface area contributed by atoms with Crippen molar-refractivity contribution in [2.75, 3.05) is 44.7 Å². The number of nitrogens with one attached hydrogen (secondary N) is 1. The van der Waals surface area contributed by atoms with Gasteiger partial charge in [0.2, 0.25) is 0 Å². The molecule has 0 aromatic heterocycles. The summed E-state index contributed by atoms with van der Waals surface area (Å²) in [5.41, 5.74) is 3.36. The van der Waals surface area contributed by atoms with E-state index in [2.05, 4.69) is 17.1 Å². The van der Waals surface area contributed by atoms with E-state index >= 15 is 0 Å². The highest BCUT2D eigenvalue weighted by atomic mass is 35.5. The standard InChI is InChI=1S/C25H28ClN3O3/c1-2-18-4-10-21(11-5-18)27-23-22(19-6-8-20(26)9-7-19)24(30)29(25(23)31)13-3-12-28-14-16-32-17-15-28/h4-11,27H,2-3,12-17H2,1H3. The molecule has 2 aromatic rings. The van der Waals surface area contributed by atoms with E-state index in [9.17, 15) is 9.59 Å². The zero-order chi connectivity index (χ0) is 22.5. The average molecular weight is 454 g/mol. The van der Waals surface area contributed by atoms with Gasteiger partial charge in [-0.05, 0) is 48.2 Å². The lowest BCUT2D eigenvalue weighted by Crippen LogP contribution is -2.39. The second-order valence-corrected chi connectivity index (χ2v) is 8.44. The molecule has 32 heavy (non-hydrogen) atoms. The second kappa shape index (κ2) is 10.3. The zero-order valence-corrected chi connectivity index (χ0v) is 19.0. The summed E-state index contributed by atoms with van der Waals surface area (Å²) in [6, 6.07) is 14.9. The predicted octanol–water partition coefficient (Wildman–Crippen LogP) is 3.82. The quantitative estimate of drug-likeness (QED) is 0.616. The van der Waals surface area contributed by atoms with Crippen LogP contribution in [0.5, 0.6) is 0 Å². The molecule has 2 aromatic carbocycles. The molecule has 2 aliphatic rings. The van der Waals surface area contributed by atoms with Gasteiger partial charge in [0.05, 0.1) is 18.8 Å². The summed E-state index contributed by atoms with van der Waals surface area (Å²) in [4.78, 5) is 30.3. The molecule has 0 radical (unpaired) electrons. The lowest BCUT2D eigenvalue weighted by Gasteiger charge is -2.27. The van der Waals surface area contributed by atoms with Crippen molar-refractivity contribution in [2.45, 2.75) is 19.8 Å². The normalized spacial score (nSPS) is 17.4. The van der Waals surface area contributed by atoms with Crippen LogP contribution in [0.15, 0.2) is 54.2 Å². The Morgan fingerprint density at radius 3 is 2.28 bits per heavy atom. The van der Waals surface area contributed by atoms with E-state index < -0.39 is 0 Å². The Kier molecular flexibility index (Phi) is 7.25. The molecule has 0 unspecified atom stereocenters. The maximum absolute atomic E-state index is 13.3. The summed E-state index contributed by atoms with van der Waals surface area (Å²) in [6.45, 7) is 6.54. The predicted molar refractivity (Wildman–Crippen MR) is 126 cm³/mol. The van der Waals surface area contributed by atoms with Gasteiger partial charge < -0.3 is 10.1 Å². The van der Waals surface area contributed by atoms with Gasteiger partial charge in [0.15, 0.2) is 0 Å². The number of amides is 2. The molecule has 1 fully saturated rings. The van der Waals surface area contributed by atoms with Crippen LogP contribution < -0.4 is 5.32 Å². The second-order valence-electron chi connectivity index (χ2n) is 8.00. The molecule has 2 aliphatic heterocycles. The lowest BCUT2D eigenvalue weighted by molar-refractivity contribution is -0.136. The molecule has 0 aliphatic carbocycles. The van der Waals surface area contributed by atoms with Gasteiger partial charge in [0, 0.05) is 36.9 Å². The van der Waals surface area contributed by atoms with Gasteiger partial charge >= 0.3 is 0 Å². The first-order chi connectivity index (χ1) is 15.6. The van der Waals surface area contributed by atoms with Crippen molar-refractivity contribution in [3.63, 3.8) is 0 Å². The van der Waals surface area contributed by atoms with E-state index in [-0.39, 0.29) is 11.8 Å². The number of hydrogen-bond donors (Lipinski definition) is 1. The number of hydrogen-bond acceptors (Lipinski definition) is 5. The van der Waals surface area contributed by atoms with Crippen LogP contribution in [0.4, 0.5) is 5.69 Å². The molecule has 0 atom stereocenters. The minimum atomic E-state index is -0.290. The van der Waals surface area contributed by atoms with Crippen LogP contribution in [0.3, 0.4) is 0 Å². The number of rotatable bonds is 8. The Morgan fingerprint density at radius 1 is 0.938 bits per heavy atom. The van der Waals surface area contributed by atoms with Gasteiger partial charge in [-0.2, -0.15) is 0 Å². The molecule has 0 bridgehead atoms. The van der Waals surface area contributed by atoms with Crippen LogP contribution in [0.1, 0.15) is 24.5 Å². The molecule has 6 nitrogen and oxygen atoms in total. The molecule has 7 heteroatoms. The van der Waals surface area contributed by atoms with Crippen LogP contribution in [0.25, 0.3) is 5.57 Å². The molecule has 1 saturated heterocycles. The molecular formula is C25H28ClN3O3. The smallest absolute Gasteiger partial charge is 0.278 e. The van der Waals surface area contributed by atoms with Crippen molar-refractivity contribution in [3.05, 3.63) is 70.4 Å². The fourth-order valence-electron chi connectivity index (χ4n) is 4.02. The number of ether oxygens (including phenoxy) is 1. The van der Waals surface area contributed by atoms with E-state index in [1.54, 1.807) is 24.3 Å². The number of aryl methyl sites for hydroxylation is 1. The summed E-state index contributed by atoms with van der Waals surface area (Å²) < 4.78 is 5.39. The number of benzene rings is 2. The number of anilines is 1. The average Bonchev–Trinajstić information content (AvgIpc) is 3.05. The van der Waals surface area contributed by atoms with Gasteiger partial charge in [0.25, 0.3) is 11.8 Å². The maximum atomic E-state index is 13.3. The van der Waals surface area contributed by atoms with E-state index in [1.807, 2.05) is 24.3 Å². The number of morpholine rings is 1. The van der Waals surface area contributed by atoms with Crippen molar-refractivity contribution >= 4 is 34.7 Å². The first-order valence-electron chi connectivity index (χ1n) is 11.1. The molecular weight excluding hydrogens is 426 g/mol. The third-order valence-electron chi connectivity index (χ3n) is 5.89. The Bertz CT molecular complexity index is 996. The SMILES string of the molecule is CCc1ccc(NC2=C(c3ccc(Cl)cc3)C(=O)N(CCCN3CCOCC3)C2=O)cc1. The minimum absolute atomic E-state index is 0.271. The monoisotopic (exact) mass is 453 g/mol. The molecule has 2 heterocycles. The van der Waals surface area contributed by atoms with Crippen LogP contribution in [-0.4, -0.2) is 61.0 Å². The summed E-state index contributed by atoms with van der Waals surface area (Å²) in [6.07, 6.45) is 1.66. The fraction of sp³-hybridized carbons (Fsp3) is 0.360. The van der Waals surface area contributed by atoms with Crippen molar-refractivity contribution in [1.29, 1.82) is 0 Å². The van der Waals surface area contributed by atoms with Crippen LogP contribution >= 0.6 is 11.6 Å². The van der Waals surface area contributed by atoms with Gasteiger partial charge in [0.1, 0.15) is 5.70 Å². The largest absolute Gasteiger partial charge is 0.379 e. The highest BCUT2D eigenvalue weighted by Gasteiger charge is 2.38. The van der Waals surface area contributed by atoms with E-state index in [0.29, 0.717) is 28.4 Å². The fourth-order valence-corrected chi connectivity index (χ4v) is 4.15. The number of halogens is 1. The molecule has 2 amide bonds. The van der Waals surface area contributed by atoms with E-state index in [1.165, 1.54) is 10.5 Å². The minimum Gasteiger partial charge on any atom is -0.379 e. The van der Waals surface area contributed by atoms with Crippen molar-refractivity contribution in [3.8, 4) is 0 Å². The summed E-state index contributed by atoms with van der Waals surface area (Å²) in [7, 11) is 0. The summed E-state index contributed by atoms with van der Waals surface area (Å²) in [5, 5.41) is 3.79. The van der Waals surface area contributed by atoms with Gasteiger partial charge in [-0.3, -0.25) is 19.4 Å². The topological polar surface area (TPSA) is 61.9 Å². The highest BCUT2D eigenvalue weighted by Crippen LogP contribution is 2.31. The van der Waals surface area contributed by atoms with E-state index in [4.69, 9.17) is 16.3 Å². The summed E-state index contributed by atoms with van der Waals surface area (Å²) in [5.74, 6) is -0.562. The molecule has 1 N–H and O–H groups in total. The Balaban J connectivity index is 1.55. The third-order valence-corrected chi connectivity index (χ3v) is 6.14. The van der Waals surface area contributed by atoms with Crippen molar-refractivity contribution in [2.24, 2.45) is 0 Å². The van der Waals surface area contributed by atoms with Gasteiger partial charge in [-0.25, -0.2) is 0 Å². The molecule has 168 valence electrons. The van der Waals surface area contributed by atoms with Gasteiger partial charge in [-0.1, -0.05) is 42.8 Å². The molecule has 4 rings (SSSR count). The maximum Gasteiger partial charge on any atom is 0.278 e. The number of carbonyl (C=O) groups is 2. The first-order valence-corrected chi connectivity index (χ1v) is 11.5. The molecule has 0 saturated carbocycles. The summed E-state index contributed by atoms with van der Waals surface area (Å²) >= 11 is 6.04. The number of imide groups is 1. The van der Waals surface area contributed by atoms with Crippen molar-refractivity contribution < 1.29 is 14.3 Å². The number of carbonyl (C=O) groups excluding carboxylic acids is 2. The Morgan fingerprint density at radius 2 is 1.62 bits per heavy atom. The third kappa shape index (κ3) is 5.04. The van der Waals surface area contributed by atoms with Crippen LogP contribution in [-0.2, 0) is 20.7 Å².